The van der Waals surface area contributed by atoms with E-state index in [1.165, 1.54) is 17.8 Å². The molecule has 1 aliphatic heterocycles. The first-order chi connectivity index (χ1) is 15.6. The Morgan fingerprint density at radius 3 is 2.53 bits per heavy atom. The summed E-state index contributed by atoms with van der Waals surface area (Å²) in [5.74, 6) is 2.44. The van der Waals surface area contributed by atoms with Crippen LogP contribution in [0.25, 0.3) is 0 Å². The molecule has 1 saturated heterocycles. The molecule has 9 heteroatoms. The number of aryl methyl sites for hydroxylation is 1. The van der Waals surface area contributed by atoms with Crippen LogP contribution in [0.2, 0.25) is 0 Å². The predicted molar refractivity (Wildman–Crippen MR) is 119 cm³/mol. The number of rotatable bonds is 9. The van der Waals surface area contributed by atoms with E-state index in [0.29, 0.717) is 18.3 Å². The zero-order valence-corrected chi connectivity index (χ0v) is 18.9. The number of nitrogens with zero attached hydrogens (tertiary/aromatic N) is 6. The molecule has 1 aromatic carbocycles. The average molecular weight is 443 g/mol. The molecule has 0 unspecified atom stereocenters. The smallest absolute Gasteiger partial charge is 0.227 e. The number of piperidine rings is 1. The highest BCUT2D eigenvalue weighted by Crippen LogP contribution is 2.31. The lowest BCUT2D eigenvalue weighted by atomic mass is 9.93. The molecule has 1 aliphatic rings. The molecular formula is C23H31FN6O2. The Labute approximate surface area is 188 Å². The lowest BCUT2D eigenvalue weighted by molar-refractivity contribution is 0.185. The molecule has 1 fully saturated rings. The molecule has 32 heavy (non-hydrogen) atoms. The van der Waals surface area contributed by atoms with Crippen molar-refractivity contribution in [1.29, 1.82) is 0 Å². The maximum atomic E-state index is 13.2. The zero-order chi connectivity index (χ0) is 22.5. The number of halogens is 1. The second kappa shape index (κ2) is 10.1. The van der Waals surface area contributed by atoms with Crippen LogP contribution in [0.4, 0.5) is 10.3 Å². The summed E-state index contributed by atoms with van der Waals surface area (Å²) in [6, 6.07) is 8.15. The third-order valence-electron chi connectivity index (χ3n) is 6.04. The summed E-state index contributed by atoms with van der Waals surface area (Å²) in [6.45, 7) is 5.16. The molecular weight excluding hydrogens is 411 g/mol. The molecule has 3 heterocycles. The number of anilines is 1. The Kier molecular flexibility index (Phi) is 7.04. The quantitative estimate of drug-likeness (QED) is 0.471. The Balaban J connectivity index is 1.49. The normalized spacial score (nSPS) is 15.8. The lowest BCUT2D eigenvalue weighted by Crippen LogP contribution is -2.35. The summed E-state index contributed by atoms with van der Waals surface area (Å²) in [5, 5.41) is 13.3. The number of ether oxygens (including phenoxy) is 2. The van der Waals surface area contributed by atoms with E-state index in [2.05, 4.69) is 30.8 Å². The standard InChI is InChI=1S/C23H31FN6O2/c1-17(32-20-7-5-19(24)6-8-20)22-26-27-23(30(22)13-4-16-31-3)29-14-10-18(11-15-29)21-9-12-25-28(21)2/h5-9,12,17-18H,4,10-11,13-16H2,1-3H3/t17-/m1/s1. The predicted octanol–water partition coefficient (Wildman–Crippen LogP) is 3.71. The third-order valence-corrected chi connectivity index (χ3v) is 6.04. The first-order valence-corrected chi connectivity index (χ1v) is 11.1. The Hall–Kier alpha value is -2.94. The highest BCUT2D eigenvalue weighted by molar-refractivity contribution is 5.33. The topological polar surface area (TPSA) is 70.2 Å². The monoisotopic (exact) mass is 442 g/mol. The molecule has 0 spiro atoms. The van der Waals surface area contributed by atoms with Crippen molar-refractivity contribution in [3.8, 4) is 5.75 Å². The zero-order valence-electron chi connectivity index (χ0n) is 18.9. The van der Waals surface area contributed by atoms with E-state index < -0.39 is 0 Å². The van der Waals surface area contributed by atoms with E-state index in [1.807, 2.05) is 24.9 Å². The van der Waals surface area contributed by atoms with Gasteiger partial charge in [-0.3, -0.25) is 9.25 Å². The number of methoxy groups -OCH3 is 1. The van der Waals surface area contributed by atoms with Crippen molar-refractivity contribution in [1.82, 2.24) is 24.5 Å². The molecule has 3 aromatic rings. The Morgan fingerprint density at radius 2 is 1.88 bits per heavy atom. The van der Waals surface area contributed by atoms with Gasteiger partial charge < -0.3 is 14.4 Å². The summed E-state index contributed by atoms with van der Waals surface area (Å²) >= 11 is 0. The van der Waals surface area contributed by atoms with Gasteiger partial charge in [-0.1, -0.05) is 0 Å². The molecule has 0 amide bonds. The highest BCUT2D eigenvalue weighted by Gasteiger charge is 2.28. The minimum absolute atomic E-state index is 0.287. The average Bonchev–Trinajstić information content (AvgIpc) is 3.42. The van der Waals surface area contributed by atoms with E-state index in [9.17, 15) is 4.39 Å². The molecule has 8 nitrogen and oxygen atoms in total. The van der Waals surface area contributed by atoms with Crippen molar-refractivity contribution in [3.63, 3.8) is 0 Å². The lowest BCUT2D eigenvalue weighted by Gasteiger charge is -2.33. The van der Waals surface area contributed by atoms with Crippen molar-refractivity contribution >= 4 is 5.95 Å². The van der Waals surface area contributed by atoms with Crippen LogP contribution in [-0.2, 0) is 18.3 Å². The Morgan fingerprint density at radius 1 is 1.12 bits per heavy atom. The van der Waals surface area contributed by atoms with E-state index in [-0.39, 0.29) is 11.9 Å². The van der Waals surface area contributed by atoms with Gasteiger partial charge in [0.1, 0.15) is 11.6 Å². The maximum Gasteiger partial charge on any atom is 0.227 e. The van der Waals surface area contributed by atoms with Gasteiger partial charge >= 0.3 is 0 Å². The first-order valence-electron chi connectivity index (χ1n) is 11.1. The number of benzene rings is 1. The molecule has 0 radical (unpaired) electrons. The fraction of sp³-hybridized carbons (Fsp3) is 0.522. The van der Waals surface area contributed by atoms with Crippen molar-refractivity contribution < 1.29 is 13.9 Å². The first kappa shape index (κ1) is 22.3. The maximum absolute atomic E-state index is 13.2. The van der Waals surface area contributed by atoms with Crippen LogP contribution < -0.4 is 9.64 Å². The van der Waals surface area contributed by atoms with Crippen molar-refractivity contribution in [3.05, 3.63) is 53.9 Å². The molecule has 2 aromatic heterocycles. The summed E-state index contributed by atoms with van der Waals surface area (Å²) in [5.41, 5.74) is 1.29. The van der Waals surface area contributed by atoms with Crippen LogP contribution in [0, 0.1) is 5.82 Å². The van der Waals surface area contributed by atoms with Crippen LogP contribution >= 0.6 is 0 Å². The summed E-state index contributed by atoms with van der Waals surface area (Å²) in [7, 11) is 3.71. The van der Waals surface area contributed by atoms with Crippen LogP contribution in [0.15, 0.2) is 36.5 Å². The molecule has 0 saturated carbocycles. The highest BCUT2D eigenvalue weighted by atomic mass is 19.1. The van der Waals surface area contributed by atoms with Crippen LogP contribution in [0.1, 0.15) is 49.7 Å². The number of hydrogen-bond acceptors (Lipinski definition) is 6. The third kappa shape index (κ3) is 4.93. The minimum atomic E-state index is -0.323. The van der Waals surface area contributed by atoms with E-state index in [1.54, 1.807) is 19.2 Å². The largest absolute Gasteiger partial charge is 0.483 e. The second-order valence-corrected chi connectivity index (χ2v) is 8.21. The minimum Gasteiger partial charge on any atom is -0.483 e. The van der Waals surface area contributed by atoms with Crippen LogP contribution in [-0.4, -0.2) is 51.4 Å². The van der Waals surface area contributed by atoms with Gasteiger partial charge in [0.2, 0.25) is 5.95 Å². The molecule has 1 atom stereocenters. The summed E-state index contributed by atoms with van der Waals surface area (Å²) < 4.78 is 28.6. The van der Waals surface area contributed by atoms with Gasteiger partial charge in [0.15, 0.2) is 11.9 Å². The van der Waals surface area contributed by atoms with Gasteiger partial charge in [0, 0.05) is 58.2 Å². The van der Waals surface area contributed by atoms with E-state index in [4.69, 9.17) is 9.47 Å². The molecule has 0 bridgehead atoms. The molecule has 172 valence electrons. The summed E-state index contributed by atoms with van der Waals surface area (Å²) in [4.78, 5) is 2.31. The summed E-state index contributed by atoms with van der Waals surface area (Å²) in [6.07, 6.45) is 4.48. The van der Waals surface area contributed by atoms with Crippen molar-refractivity contribution in [2.45, 2.75) is 44.8 Å². The molecule has 0 N–H and O–H groups in total. The molecule has 0 aliphatic carbocycles. The Bertz CT molecular complexity index is 994. The van der Waals surface area contributed by atoms with Gasteiger partial charge in [0.25, 0.3) is 0 Å². The van der Waals surface area contributed by atoms with Gasteiger partial charge in [-0.25, -0.2) is 4.39 Å². The second-order valence-electron chi connectivity index (χ2n) is 8.21. The van der Waals surface area contributed by atoms with Gasteiger partial charge in [0.05, 0.1) is 0 Å². The van der Waals surface area contributed by atoms with Crippen molar-refractivity contribution in [2.24, 2.45) is 7.05 Å². The van der Waals surface area contributed by atoms with E-state index >= 15 is 0 Å². The van der Waals surface area contributed by atoms with Crippen LogP contribution in [0.3, 0.4) is 0 Å². The fourth-order valence-corrected chi connectivity index (χ4v) is 4.35. The SMILES string of the molecule is COCCCn1c([C@@H](C)Oc2ccc(F)cc2)nnc1N1CCC(c2ccnn2C)CC1. The van der Waals surface area contributed by atoms with Crippen LogP contribution in [0.5, 0.6) is 5.75 Å². The number of hydrogen-bond donors (Lipinski definition) is 0. The number of aromatic nitrogens is 5. The van der Waals surface area contributed by atoms with Crippen molar-refractivity contribution in [2.75, 3.05) is 31.7 Å². The van der Waals surface area contributed by atoms with Gasteiger partial charge in [-0.05, 0) is 56.5 Å². The fourth-order valence-electron chi connectivity index (χ4n) is 4.35. The molecule has 4 rings (SSSR count). The van der Waals surface area contributed by atoms with E-state index in [0.717, 1.165) is 50.7 Å². The van der Waals surface area contributed by atoms with Gasteiger partial charge in [-0.2, -0.15) is 5.10 Å². The van der Waals surface area contributed by atoms with Gasteiger partial charge in [-0.15, -0.1) is 10.2 Å².